The predicted molar refractivity (Wildman–Crippen MR) is 80.0 cm³/mol. The summed E-state index contributed by atoms with van der Waals surface area (Å²) in [6, 6.07) is 0. The maximum atomic E-state index is 12.2. The van der Waals surface area contributed by atoms with E-state index in [9.17, 15) is 16.8 Å². The molecule has 0 spiro atoms. The van der Waals surface area contributed by atoms with Crippen LogP contribution in [0.3, 0.4) is 0 Å². The number of nitrogens with zero attached hydrogens (tertiary/aromatic N) is 2. The standard InChI is InChI=1S/C11H22N4O4S2/c1-5-7-15(20(4,16)17)8-6-12-21(18,19)11-9(2)13-14-10(11)3/h12H,5-8H2,1-4H3,(H,13,14). The van der Waals surface area contributed by atoms with Crippen molar-refractivity contribution in [3.63, 3.8) is 0 Å². The third kappa shape index (κ3) is 4.77. The van der Waals surface area contributed by atoms with Gasteiger partial charge in [0, 0.05) is 19.6 Å². The van der Waals surface area contributed by atoms with Gasteiger partial charge in [-0.15, -0.1) is 0 Å². The third-order valence-electron chi connectivity index (χ3n) is 2.92. The molecule has 0 unspecified atom stereocenters. The van der Waals surface area contributed by atoms with Crippen LogP contribution in [-0.2, 0) is 20.0 Å². The lowest BCUT2D eigenvalue weighted by atomic mass is 10.4. The molecule has 0 aliphatic carbocycles. The van der Waals surface area contributed by atoms with Crippen LogP contribution in [0.25, 0.3) is 0 Å². The van der Waals surface area contributed by atoms with E-state index in [0.29, 0.717) is 24.4 Å². The summed E-state index contributed by atoms with van der Waals surface area (Å²) in [5.74, 6) is 0. The van der Waals surface area contributed by atoms with Crippen LogP contribution in [0.5, 0.6) is 0 Å². The molecule has 8 nitrogen and oxygen atoms in total. The number of rotatable bonds is 8. The van der Waals surface area contributed by atoms with E-state index in [1.807, 2.05) is 6.92 Å². The zero-order valence-corrected chi connectivity index (χ0v) is 14.3. The van der Waals surface area contributed by atoms with E-state index < -0.39 is 20.0 Å². The number of aromatic amines is 1. The monoisotopic (exact) mass is 338 g/mol. The van der Waals surface area contributed by atoms with Crippen LogP contribution in [0.4, 0.5) is 0 Å². The lowest BCUT2D eigenvalue weighted by Crippen LogP contribution is -2.38. The molecule has 0 saturated carbocycles. The molecule has 1 aromatic heterocycles. The number of sulfonamides is 2. The summed E-state index contributed by atoms with van der Waals surface area (Å²) in [4.78, 5) is 0.115. The van der Waals surface area contributed by atoms with Gasteiger partial charge in [0.2, 0.25) is 20.0 Å². The van der Waals surface area contributed by atoms with Crippen molar-refractivity contribution >= 4 is 20.0 Å². The Balaban J connectivity index is 2.75. The lowest BCUT2D eigenvalue weighted by Gasteiger charge is -2.19. The molecular weight excluding hydrogens is 316 g/mol. The van der Waals surface area contributed by atoms with Gasteiger partial charge in [0.05, 0.1) is 17.6 Å². The molecule has 122 valence electrons. The van der Waals surface area contributed by atoms with Crippen LogP contribution in [0.15, 0.2) is 4.90 Å². The number of hydrogen-bond acceptors (Lipinski definition) is 5. The topological polar surface area (TPSA) is 112 Å². The molecule has 10 heteroatoms. The fourth-order valence-corrected chi connectivity index (χ4v) is 4.33. The minimum absolute atomic E-state index is 0.0134. The van der Waals surface area contributed by atoms with Gasteiger partial charge in [-0.25, -0.2) is 25.9 Å². The molecule has 0 saturated heterocycles. The van der Waals surface area contributed by atoms with E-state index in [2.05, 4.69) is 14.9 Å². The maximum absolute atomic E-state index is 12.2. The highest BCUT2D eigenvalue weighted by molar-refractivity contribution is 7.89. The van der Waals surface area contributed by atoms with Crippen molar-refractivity contribution in [2.24, 2.45) is 0 Å². The fraction of sp³-hybridized carbons (Fsp3) is 0.727. The normalized spacial score (nSPS) is 13.0. The van der Waals surface area contributed by atoms with Crippen LogP contribution in [0.1, 0.15) is 24.7 Å². The number of aryl methyl sites for hydroxylation is 2. The second-order valence-electron chi connectivity index (χ2n) is 4.82. The minimum Gasteiger partial charge on any atom is -0.281 e. The Kier molecular flexibility index (Phi) is 5.91. The van der Waals surface area contributed by atoms with E-state index in [0.717, 1.165) is 6.26 Å². The molecule has 2 N–H and O–H groups in total. The van der Waals surface area contributed by atoms with E-state index in [4.69, 9.17) is 0 Å². The van der Waals surface area contributed by atoms with Gasteiger partial charge in [0.25, 0.3) is 0 Å². The van der Waals surface area contributed by atoms with Gasteiger partial charge >= 0.3 is 0 Å². The van der Waals surface area contributed by atoms with E-state index in [1.165, 1.54) is 4.31 Å². The average molecular weight is 338 g/mol. The molecular formula is C11H22N4O4S2. The van der Waals surface area contributed by atoms with Gasteiger partial charge in [-0.05, 0) is 20.3 Å². The summed E-state index contributed by atoms with van der Waals surface area (Å²) in [5, 5.41) is 6.46. The first-order valence-corrected chi connectivity index (χ1v) is 9.89. The van der Waals surface area contributed by atoms with Crippen molar-refractivity contribution in [1.82, 2.24) is 19.2 Å². The molecule has 0 amide bonds. The zero-order chi connectivity index (χ0) is 16.3. The second-order valence-corrected chi connectivity index (χ2v) is 8.51. The highest BCUT2D eigenvalue weighted by atomic mass is 32.2. The number of nitrogens with one attached hydrogen (secondary N) is 2. The van der Waals surface area contributed by atoms with E-state index in [-0.39, 0.29) is 18.0 Å². The van der Waals surface area contributed by atoms with Crippen LogP contribution < -0.4 is 4.72 Å². The summed E-state index contributed by atoms with van der Waals surface area (Å²) in [6.07, 6.45) is 1.78. The molecule has 0 aliphatic heterocycles. The Hall–Kier alpha value is -0.970. The minimum atomic E-state index is -3.70. The highest BCUT2D eigenvalue weighted by Crippen LogP contribution is 2.15. The Morgan fingerprint density at radius 2 is 1.81 bits per heavy atom. The molecule has 0 aromatic carbocycles. The predicted octanol–water partition coefficient (Wildman–Crippen LogP) is -0.0236. The van der Waals surface area contributed by atoms with Gasteiger partial charge in [-0.3, -0.25) is 5.10 Å². The first kappa shape index (κ1) is 18.1. The van der Waals surface area contributed by atoms with Gasteiger partial charge in [0.1, 0.15) is 4.90 Å². The summed E-state index contributed by atoms with van der Waals surface area (Å²) < 4.78 is 51.1. The van der Waals surface area contributed by atoms with E-state index in [1.54, 1.807) is 13.8 Å². The van der Waals surface area contributed by atoms with E-state index >= 15 is 0 Å². The van der Waals surface area contributed by atoms with Gasteiger partial charge in [-0.2, -0.15) is 5.10 Å². The Morgan fingerprint density at radius 1 is 1.19 bits per heavy atom. The van der Waals surface area contributed by atoms with Crippen LogP contribution >= 0.6 is 0 Å². The van der Waals surface area contributed by atoms with Crippen LogP contribution in [-0.4, -0.2) is 57.2 Å². The zero-order valence-electron chi connectivity index (χ0n) is 12.7. The van der Waals surface area contributed by atoms with Crippen molar-refractivity contribution in [1.29, 1.82) is 0 Å². The van der Waals surface area contributed by atoms with Crippen LogP contribution in [0, 0.1) is 13.8 Å². The lowest BCUT2D eigenvalue weighted by molar-refractivity contribution is 0.416. The Bertz CT molecular complexity index is 660. The molecule has 1 heterocycles. The summed E-state index contributed by atoms with van der Waals surface area (Å²) in [5.41, 5.74) is 0.835. The molecule has 1 rings (SSSR count). The Morgan fingerprint density at radius 3 is 2.24 bits per heavy atom. The summed E-state index contributed by atoms with van der Waals surface area (Å²) >= 11 is 0. The van der Waals surface area contributed by atoms with Crippen LogP contribution in [0.2, 0.25) is 0 Å². The molecule has 0 radical (unpaired) electrons. The molecule has 0 fully saturated rings. The van der Waals surface area contributed by atoms with Crippen molar-refractivity contribution in [2.45, 2.75) is 32.1 Å². The average Bonchev–Trinajstić information content (AvgIpc) is 2.67. The quantitative estimate of drug-likeness (QED) is 0.691. The van der Waals surface area contributed by atoms with Crippen molar-refractivity contribution in [3.8, 4) is 0 Å². The third-order valence-corrected chi connectivity index (χ3v) is 5.95. The molecule has 0 bridgehead atoms. The van der Waals surface area contributed by atoms with Crippen molar-refractivity contribution < 1.29 is 16.8 Å². The number of H-pyrrole nitrogens is 1. The first-order valence-electron chi connectivity index (χ1n) is 6.56. The molecule has 0 atom stereocenters. The smallest absolute Gasteiger partial charge is 0.244 e. The Labute approximate surface area is 126 Å². The highest BCUT2D eigenvalue weighted by Gasteiger charge is 2.23. The number of aromatic nitrogens is 2. The molecule has 0 aliphatic rings. The fourth-order valence-electron chi connectivity index (χ4n) is 2.01. The van der Waals surface area contributed by atoms with Crippen molar-refractivity contribution in [2.75, 3.05) is 25.9 Å². The summed E-state index contributed by atoms with van der Waals surface area (Å²) in [7, 11) is -7.03. The number of hydrogen-bond donors (Lipinski definition) is 2. The first-order chi connectivity index (χ1) is 9.59. The second kappa shape index (κ2) is 6.86. The van der Waals surface area contributed by atoms with Gasteiger partial charge in [-0.1, -0.05) is 6.92 Å². The molecule has 21 heavy (non-hydrogen) atoms. The maximum Gasteiger partial charge on any atom is 0.244 e. The summed E-state index contributed by atoms with van der Waals surface area (Å²) in [6.45, 7) is 5.55. The van der Waals surface area contributed by atoms with Crippen molar-refractivity contribution in [3.05, 3.63) is 11.4 Å². The molecule has 1 aromatic rings. The largest absolute Gasteiger partial charge is 0.281 e. The van der Waals surface area contributed by atoms with Gasteiger partial charge < -0.3 is 0 Å². The van der Waals surface area contributed by atoms with Gasteiger partial charge in [0.15, 0.2) is 0 Å². The SMILES string of the molecule is CCCN(CCNS(=O)(=O)c1c(C)n[nH]c1C)S(C)(=O)=O.